The Bertz CT molecular complexity index is 854. The number of nitrogens with zero attached hydrogens (tertiary/aromatic N) is 2. The van der Waals surface area contributed by atoms with E-state index in [4.69, 9.17) is 4.74 Å². The second kappa shape index (κ2) is 8.26. The topological polar surface area (TPSA) is 46.5 Å². The smallest absolute Gasteiger partial charge is 0.203 e. The molecule has 0 saturated heterocycles. The summed E-state index contributed by atoms with van der Waals surface area (Å²) in [5.74, 6) is 0.820. The van der Waals surface area contributed by atoms with E-state index < -0.39 is 0 Å². The first-order chi connectivity index (χ1) is 12.2. The van der Waals surface area contributed by atoms with Gasteiger partial charge in [-0.05, 0) is 42.3 Å². The molecular weight excluding hydrogens is 330 g/mol. The summed E-state index contributed by atoms with van der Waals surface area (Å²) in [6, 6.07) is 17.8. The maximum Gasteiger partial charge on any atom is 0.203 e. The maximum atomic E-state index is 5.57. The highest BCUT2D eigenvalue weighted by Crippen LogP contribution is 2.24. The average Bonchev–Trinajstić information content (AvgIpc) is 3.11. The largest absolute Gasteiger partial charge is 0.489 e. The van der Waals surface area contributed by atoms with Crippen LogP contribution in [0.3, 0.4) is 0 Å². The first-order valence-electron chi connectivity index (χ1n) is 7.88. The molecule has 25 heavy (non-hydrogen) atoms. The predicted molar refractivity (Wildman–Crippen MR) is 106 cm³/mol. The van der Waals surface area contributed by atoms with E-state index in [1.165, 1.54) is 11.3 Å². The Balaban J connectivity index is 1.56. The summed E-state index contributed by atoms with van der Waals surface area (Å²) in [6.45, 7) is 6.29. The second-order valence-corrected chi connectivity index (χ2v) is 6.45. The molecule has 0 spiro atoms. The van der Waals surface area contributed by atoms with Gasteiger partial charge in [-0.1, -0.05) is 36.9 Å². The van der Waals surface area contributed by atoms with Crippen LogP contribution in [0.5, 0.6) is 5.75 Å². The van der Waals surface area contributed by atoms with E-state index in [1.807, 2.05) is 66.9 Å². The molecule has 0 fully saturated rings. The van der Waals surface area contributed by atoms with Gasteiger partial charge in [0, 0.05) is 10.9 Å². The van der Waals surface area contributed by atoms with Gasteiger partial charge in [0.25, 0.3) is 0 Å². The molecule has 0 atom stereocenters. The van der Waals surface area contributed by atoms with Gasteiger partial charge in [0.05, 0.1) is 11.9 Å². The number of rotatable bonds is 7. The highest BCUT2D eigenvalue weighted by molar-refractivity contribution is 7.14. The van der Waals surface area contributed by atoms with Crippen LogP contribution < -0.4 is 10.2 Å². The minimum atomic E-state index is 0.531. The molecular formula is C20H19N3OS. The summed E-state index contributed by atoms with van der Waals surface area (Å²) < 4.78 is 5.57. The third kappa shape index (κ3) is 5.02. The van der Waals surface area contributed by atoms with E-state index >= 15 is 0 Å². The molecule has 3 rings (SSSR count). The number of hydrazone groups is 1. The normalized spacial score (nSPS) is 10.8. The molecule has 3 aromatic rings. The quantitative estimate of drug-likeness (QED) is 0.362. The maximum absolute atomic E-state index is 5.57. The molecule has 0 bridgehead atoms. The summed E-state index contributed by atoms with van der Waals surface area (Å²) in [5, 5.41) is 7.02. The van der Waals surface area contributed by atoms with Crippen molar-refractivity contribution in [1.82, 2.24) is 4.98 Å². The summed E-state index contributed by atoms with van der Waals surface area (Å²) in [4.78, 5) is 4.53. The third-order valence-electron chi connectivity index (χ3n) is 3.31. The Labute approximate surface area is 151 Å². The van der Waals surface area contributed by atoms with E-state index in [-0.39, 0.29) is 0 Å². The van der Waals surface area contributed by atoms with E-state index in [1.54, 1.807) is 6.21 Å². The molecule has 0 aliphatic rings. The number of anilines is 1. The monoisotopic (exact) mass is 349 g/mol. The van der Waals surface area contributed by atoms with Crippen molar-refractivity contribution < 1.29 is 4.74 Å². The Morgan fingerprint density at radius 3 is 2.68 bits per heavy atom. The SMILES string of the molecule is C=C(C)COc1ccc(C=NNc2nc(-c3ccccc3)cs2)cc1. The van der Waals surface area contributed by atoms with Crippen molar-refractivity contribution in [2.75, 3.05) is 12.0 Å². The van der Waals surface area contributed by atoms with Gasteiger partial charge in [-0.15, -0.1) is 11.3 Å². The fourth-order valence-corrected chi connectivity index (χ4v) is 2.75. The van der Waals surface area contributed by atoms with Crippen LogP contribution in [0.1, 0.15) is 12.5 Å². The van der Waals surface area contributed by atoms with Gasteiger partial charge >= 0.3 is 0 Å². The fraction of sp³-hybridized carbons (Fsp3) is 0.100. The Morgan fingerprint density at radius 1 is 1.20 bits per heavy atom. The van der Waals surface area contributed by atoms with Gasteiger partial charge in [0.15, 0.2) is 0 Å². The van der Waals surface area contributed by atoms with Gasteiger partial charge in [0.2, 0.25) is 5.13 Å². The summed E-state index contributed by atoms with van der Waals surface area (Å²) in [5.41, 5.74) is 6.99. The molecule has 5 heteroatoms. The van der Waals surface area contributed by atoms with Crippen LogP contribution in [-0.4, -0.2) is 17.8 Å². The van der Waals surface area contributed by atoms with Crippen LogP contribution in [0.25, 0.3) is 11.3 Å². The lowest BCUT2D eigenvalue weighted by molar-refractivity contribution is 0.352. The summed E-state index contributed by atoms with van der Waals surface area (Å²) >= 11 is 1.53. The zero-order valence-corrected chi connectivity index (χ0v) is 14.8. The highest BCUT2D eigenvalue weighted by atomic mass is 32.1. The van der Waals surface area contributed by atoms with Crippen LogP contribution in [0.15, 0.2) is 77.2 Å². The third-order valence-corrected chi connectivity index (χ3v) is 4.06. The van der Waals surface area contributed by atoms with Crippen LogP contribution in [0, 0.1) is 0 Å². The number of benzene rings is 2. The van der Waals surface area contributed by atoms with Crippen LogP contribution in [-0.2, 0) is 0 Å². The van der Waals surface area contributed by atoms with Crippen molar-refractivity contribution in [3.63, 3.8) is 0 Å². The molecule has 4 nitrogen and oxygen atoms in total. The standard InChI is InChI=1S/C20H19N3OS/c1-15(2)13-24-18-10-8-16(9-11-18)12-21-23-20-22-19(14-25-20)17-6-4-3-5-7-17/h3-12,14H,1,13H2,2H3,(H,22,23). The van der Waals surface area contributed by atoms with E-state index in [0.29, 0.717) is 6.61 Å². The average molecular weight is 349 g/mol. The number of hydrogen-bond acceptors (Lipinski definition) is 5. The van der Waals surface area contributed by atoms with Crippen molar-refractivity contribution in [3.8, 4) is 17.0 Å². The molecule has 1 aromatic heterocycles. The zero-order chi connectivity index (χ0) is 17.5. The Morgan fingerprint density at radius 2 is 1.96 bits per heavy atom. The van der Waals surface area contributed by atoms with Gasteiger partial charge < -0.3 is 4.74 Å². The van der Waals surface area contributed by atoms with Gasteiger partial charge in [-0.25, -0.2) is 4.98 Å². The van der Waals surface area contributed by atoms with Crippen molar-refractivity contribution in [1.29, 1.82) is 0 Å². The molecule has 0 amide bonds. The van der Waals surface area contributed by atoms with Gasteiger partial charge in [-0.2, -0.15) is 5.10 Å². The number of aromatic nitrogens is 1. The Hall–Kier alpha value is -2.92. The number of ether oxygens (including phenoxy) is 1. The number of thiazole rings is 1. The molecule has 126 valence electrons. The van der Waals surface area contributed by atoms with Crippen molar-refractivity contribution in [2.45, 2.75) is 6.92 Å². The van der Waals surface area contributed by atoms with Crippen molar-refractivity contribution >= 4 is 22.7 Å². The van der Waals surface area contributed by atoms with E-state index in [0.717, 1.165) is 33.3 Å². The molecule has 0 radical (unpaired) electrons. The molecule has 0 aliphatic heterocycles. The first kappa shape index (κ1) is 16.9. The molecule has 1 heterocycles. The van der Waals surface area contributed by atoms with E-state index in [9.17, 15) is 0 Å². The van der Waals surface area contributed by atoms with Crippen LogP contribution >= 0.6 is 11.3 Å². The Kier molecular flexibility index (Phi) is 5.59. The number of hydrogen-bond donors (Lipinski definition) is 1. The van der Waals surface area contributed by atoms with Crippen LogP contribution in [0.4, 0.5) is 5.13 Å². The summed E-state index contributed by atoms with van der Waals surface area (Å²) in [7, 11) is 0. The first-order valence-corrected chi connectivity index (χ1v) is 8.76. The number of nitrogens with one attached hydrogen (secondary N) is 1. The molecule has 0 unspecified atom stereocenters. The van der Waals surface area contributed by atoms with Gasteiger partial charge in [-0.3, -0.25) is 5.43 Å². The minimum Gasteiger partial charge on any atom is -0.489 e. The lowest BCUT2D eigenvalue weighted by Crippen LogP contribution is -1.97. The van der Waals surface area contributed by atoms with Crippen molar-refractivity contribution in [3.05, 3.63) is 77.7 Å². The highest BCUT2D eigenvalue weighted by Gasteiger charge is 2.02. The van der Waals surface area contributed by atoms with Crippen LogP contribution in [0.2, 0.25) is 0 Å². The second-order valence-electron chi connectivity index (χ2n) is 5.59. The minimum absolute atomic E-state index is 0.531. The van der Waals surface area contributed by atoms with E-state index in [2.05, 4.69) is 22.1 Å². The summed E-state index contributed by atoms with van der Waals surface area (Å²) in [6.07, 6.45) is 1.76. The van der Waals surface area contributed by atoms with Crippen molar-refractivity contribution in [2.24, 2.45) is 5.10 Å². The molecule has 0 aliphatic carbocycles. The molecule has 0 saturated carbocycles. The van der Waals surface area contributed by atoms with Gasteiger partial charge in [0.1, 0.15) is 12.4 Å². The lowest BCUT2D eigenvalue weighted by atomic mass is 10.2. The lowest BCUT2D eigenvalue weighted by Gasteiger charge is -2.05. The molecule has 2 aromatic carbocycles. The molecule has 1 N–H and O–H groups in total. The predicted octanol–water partition coefficient (Wildman–Crippen LogP) is 5.21. The fourth-order valence-electron chi connectivity index (χ4n) is 2.09. The zero-order valence-electron chi connectivity index (χ0n) is 14.0.